The van der Waals surface area contributed by atoms with Crippen LogP contribution in [0, 0.1) is 10.1 Å². The van der Waals surface area contributed by atoms with Crippen LogP contribution in [0.2, 0.25) is 0 Å². The number of nitrogens with one attached hydrogen (secondary N) is 1. The fourth-order valence-corrected chi connectivity index (χ4v) is 2.00. The molecule has 1 heterocycles. The molecule has 1 amide bonds. The summed E-state index contributed by atoms with van der Waals surface area (Å²) in [4.78, 5) is 26.5. The van der Waals surface area contributed by atoms with Crippen molar-refractivity contribution < 1.29 is 19.2 Å². The summed E-state index contributed by atoms with van der Waals surface area (Å²) < 4.78 is 10.2. The van der Waals surface area contributed by atoms with Gasteiger partial charge in [-0.1, -0.05) is 0 Å². The predicted molar refractivity (Wildman–Crippen MR) is 81.6 cm³/mol. The van der Waals surface area contributed by atoms with E-state index in [1.165, 1.54) is 32.5 Å². The Bertz CT molecular complexity index is 719. The van der Waals surface area contributed by atoms with Crippen LogP contribution in [0.15, 0.2) is 36.7 Å². The summed E-state index contributed by atoms with van der Waals surface area (Å²) in [6.07, 6.45) is 2.97. The summed E-state index contributed by atoms with van der Waals surface area (Å²) in [6.45, 7) is -0.0234. The molecule has 0 bridgehead atoms. The predicted octanol–water partition coefficient (Wildman–Crippen LogP) is 1.94. The normalized spacial score (nSPS) is 10.0. The number of benzene rings is 1. The maximum Gasteiger partial charge on any atom is 0.278 e. The van der Waals surface area contributed by atoms with Crippen molar-refractivity contribution in [2.45, 2.75) is 6.54 Å². The van der Waals surface area contributed by atoms with Gasteiger partial charge in [-0.2, -0.15) is 0 Å². The number of hydrogen-bond acceptors (Lipinski definition) is 6. The van der Waals surface area contributed by atoms with E-state index in [0.29, 0.717) is 16.9 Å². The molecule has 0 fully saturated rings. The molecule has 0 aliphatic heterocycles. The summed E-state index contributed by atoms with van der Waals surface area (Å²) in [5.74, 6) is 0.229. The smallest absolute Gasteiger partial charge is 0.278 e. The zero-order valence-electron chi connectivity index (χ0n) is 12.6. The Morgan fingerprint density at radius 2 is 2.00 bits per heavy atom. The number of rotatable bonds is 6. The number of methoxy groups -OCH3 is 2. The maximum absolute atomic E-state index is 12.0. The number of pyridine rings is 1. The van der Waals surface area contributed by atoms with Crippen molar-refractivity contribution in [1.82, 2.24) is 10.3 Å². The zero-order valence-corrected chi connectivity index (χ0v) is 12.6. The molecular weight excluding hydrogens is 302 g/mol. The van der Waals surface area contributed by atoms with Gasteiger partial charge in [0, 0.05) is 12.4 Å². The first-order valence-corrected chi connectivity index (χ1v) is 6.64. The van der Waals surface area contributed by atoms with Crippen LogP contribution in [0.25, 0.3) is 0 Å². The number of nitro groups is 1. The van der Waals surface area contributed by atoms with Crippen molar-refractivity contribution in [3.63, 3.8) is 0 Å². The summed E-state index contributed by atoms with van der Waals surface area (Å²) >= 11 is 0. The lowest BCUT2D eigenvalue weighted by atomic mass is 10.1. The Balaban J connectivity index is 2.24. The highest BCUT2D eigenvalue weighted by atomic mass is 16.6. The largest absolute Gasteiger partial charge is 0.493 e. The molecule has 1 aromatic heterocycles. The molecule has 1 aromatic carbocycles. The third-order valence-corrected chi connectivity index (χ3v) is 3.14. The highest BCUT2D eigenvalue weighted by Crippen LogP contribution is 2.34. The van der Waals surface area contributed by atoms with Gasteiger partial charge in [-0.05, 0) is 18.2 Å². The van der Waals surface area contributed by atoms with Crippen LogP contribution in [-0.4, -0.2) is 30.0 Å². The lowest BCUT2D eigenvalue weighted by Gasteiger charge is -2.11. The maximum atomic E-state index is 12.0. The first-order chi connectivity index (χ1) is 11.1. The molecule has 0 unspecified atom stereocenters. The lowest BCUT2D eigenvalue weighted by molar-refractivity contribution is -0.385. The molecule has 8 nitrogen and oxygen atoms in total. The molecule has 0 aliphatic rings. The van der Waals surface area contributed by atoms with Crippen LogP contribution in [0.4, 0.5) is 5.69 Å². The number of carbonyl (C=O) groups is 1. The van der Waals surface area contributed by atoms with Gasteiger partial charge >= 0.3 is 0 Å². The van der Waals surface area contributed by atoms with Gasteiger partial charge < -0.3 is 14.8 Å². The molecule has 2 rings (SSSR count). The van der Waals surface area contributed by atoms with E-state index >= 15 is 0 Å². The van der Waals surface area contributed by atoms with E-state index < -0.39 is 4.92 Å². The van der Waals surface area contributed by atoms with Gasteiger partial charge in [-0.25, -0.2) is 0 Å². The van der Waals surface area contributed by atoms with Gasteiger partial charge in [0.1, 0.15) is 0 Å². The van der Waals surface area contributed by atoms with Crippen LogP contribution in [0.5, 0.6) is 11.5 Å². The third kappa shape index (κ3) is 3.73. The van der Waals surface area contributed by atoms with Crippen molar-refractivity contribution in [1.29, 1.82) is 0 Å². The number of carbonyl (C=O) groups excluding carboxylic acids is 1. The summed E-state index contributed by atoms with van der Waals surface area (Å²) in [5.41, 5.74) is 0.523. The van der Waals surface area contributed by atoms with Crippen LogP contribution >= 0.6 is 0 Å². The molecule has 0 aliphatic carbocycles. The van der Waals surface area contributed by atoms with Crippen LogP contribution < -0.4 is 14.8 Å². The number of ether oxygens (including phenoxy) is 2. The van der Waals surface area contributed by atoms with Gasteiger partial charge in [0.05, 0.1) is 42.9 Å². The van der Waals surface area contributed by atoms with E-state index in [4.69, 9.17) is 9.47 Å². The van der Waals surface area contributed by atoms with Crippen molar-refractivity contribution in [2.24, 2.45) is 0 Å². The van der Waals surface area contributed by atoms with Gasteiger partial charge in [-0.15, -0.1) is 0 Å². The average molecular weight is 317 g/mol. The molecule has 120 valence electrons. The molecule has 0 atom stereocenters. The second-order valence-corrected chi connectivity index (χ2v) is 4.52. The van der Waals surface area contributed by atoms with Crippen molar-refractivity contribution in [3.05, 3.63) is 57.9 Å². The first kappa shape index (κ1) is 16.2. The summed E-state index contributed by atoms with van der Waals surface area (Å²) in [7, 11) is 2.83. The molecular formula is C15H15N3O5. The summed E-state index contributed by atoms with van der Waals surface area (Å²) in [6, 6.07) is 5.98. The Morgan fingerprint density at radius 3 is 2.57 bits per heavy atom. The fourth-order valence-electron chi connectivity index (χ4n) is 2.00. The topological polar surface area (TPSA) is 104 Å². The number of hydrogen-bond donors (Lipinski definition) is 1. The molecule has 23 heavy (non-hydrogen) atoms. The van der Waals surface area contributed by atoms with E-state index in [9.17, 15) is 14.9 Å². The molecule has 0 saturated carbocycles. The minimum atomic E-state index is -0.534. The van der Waals surface area contributed by atoms with Crippen LogP contribution in [0.1, 0.15) is 15.9 Å². The van der Waals surface area contributed by atoms with E-state index in [1.807, 2.05) is 0 Å². The summed E-state index contributed by atoms with van der Waals surface area (Å²) in [5, 5.41) is 13.8. The third-order valence-electron chi connectivity index (χ3n) is 3.14. The second-order valence-electron chi connectivity index (χ2n) is 4.52. The average Bonchev–Trinajstić information content (AvgIpc) is 2.59. The van der Waals surface area contributed by atoms with Crippen molar-refractivity contribution >= 4 is 11.6 Å². The van der Waals surface area contributed by atoms with E-state index in [2.05, 4.69) is 10.3 Å². The monoisotopic (exact) mass is 317 g/mol. The van der Waals surface area contributed by atoms with Crippen LogP contribution in [0.3, 0.4) is 0 Å². The standard InChI is InChI=1S/C15H15N3O5/c1-22-13-6-11(12(18(20)21)7-14(13)23-2)9-17-15(19)10-4-3-5-16-8-10/h3-8H,9H2,1-2H3,(H,17,19). The Labute approximate surface area is 132 Å². The van der Waals surface area contributed by atoms with Gasteiger partial charge in [-0.3, -0.25) is 19.9 Å². The van der Waals surface area contributed by atoms with Crippen molar-refractivity contribution in [2.75, 3.05) is 14.2 Å². The highest BCUT2D eigenvalue weighted by molar-refractivity contribution is 5.93. The quantitative estimate of drug-likeness (QED) is 0.645. The van der Waals surface area contributed by atoms with E-state index in [0.717, 1.165) is 0 Å². The van der Waals surface area contributed by atoms with Gasteiger partial charge in [0.25, 0.3) is 11.6 Å². The van der Waals surface area contributed by atoms with Crippen LogP contribution in [-0.2, 0) is 6.54 Å². The zero-order chi connectivity index (χ0) is 16.8. The Hall–Kier alpha value is -3.16. The molecule has 0 saturated heterocycles. The highest BCUT2D eigenvalue weighted by Gasteiger charge is 2.20. The number of aromatic nitrogens is 1. The van der Waals surface area contributed by atoms with Crippen molar-refractivity contribution in [3.8, 4) is 11.5 Å². The Kier molecular flexibility index (Phi) is 5.08. The number of nitro benzene ring substituents is 1. The number of amides is 1. The molecule has 8 heteroatoms. The first-order valence-electron chi connectivity index (χ1n) is 6.64. The second kappa shape index (κ2) is 7.21. The minimum Gasteiger partial charge on any atom is -0.493 e. The molecule has 0 radical (unpaired) electrons. The SMILES string of the molecule is COc1cc(CNC(=O)c2cccnc2)c([N+](=O)[O-])cc1OC. The van der Waals surface area contributed by atoms with E-state index in [-0.39, 0.29) is 23.9 Å². The lowest BCUT2D eigenvalue weighted by Crippen LogP contribution is -2.23. The fraction of sp³-hybridized carbons (Fsp3) is 0.200. The van der Waals surface area contributed by atoms with Gasteiger partial charge in [0.2, 0.25) is 0 Å². The number of nitrogens with zero attached hydrogens (tertiary/aromatic N) is 2. The molecule has 1 N–H and O–H groups in total. The minimum absolute atomic E-state index is 0.0234. The Morgan fingerprint density at radius 1 is 1.30 bits per heavy atom. The van der Waals surface area contributed by atoms with E-state index in [1.54, 1.807) is 18.3 Å². The van der Waals surface area contributed by atoms with Gasteiger partial charge in [0.15, 0.2) is 11.5 Å². The molecule has 2 aromatic rings. The molecule has 0 spiro atoms.